The van der Waals surface area contributed by atoms with E-state index < -0.39 is 96.5 Å². The summed E-state index contributed by atoms with van der Waals surface area (Å²) < 4.78 is 70.3. The van der Waals surface area contributed by atoms with E-state index in [0.29, 0.717) is 12.1 Å². The van der Waals surface area contributed by atoms with Crippen molar-refractivity contribution in [2.45, 2.75) is 58.5 Å². The summed E-state index contributed by atoms with van der Waals surface area (Å²) in [5.41, 5.74) is -1.59. The number of hydrogen-bond acceptors (Lipinski definition) is 13. The number of pyridine rings is 1. The largest absolute Gasteiger partial charge is 0.493 e. The summed E-state index contributed by atoms with van der Waals surface area (Å²) in [6.07, 6.45) is -6.48. The van der Waals surface area contributed by atoms with E-state index in [-0.39, 0.29) is 23.5 Å². The van der Waals surface area contributed by atoms with Crippen LogP contribution in [-0.2, 0) is 44.3 Å². The minimum atomic E-state index is -4.61. The second-order valence-corrected chi connectivity index (χ2v) is 10.7. The topological polar surface area (TPSA) is 183 Å². The van der Waals surface area contributed by atoms with Crippen molar-refractivity contribution in [3.05, 3.63) is 53.3 Å². The maximum Gasteiger partial charge on any atom is 0.416 e. The molecular formula is C31H33F3N2O12. The number of amides is 1. The van der Waals surface area contributed by atoms with Crippen LogP contribution in [0.25, 0.3) is 0 Å². The fraction of sp³-hybridized carbons (Fsp3) is 0.452. The summed E-state index contributed by atoms with van der Waals surface area (Å²) in [7, 11) is 1.26. The molecule has 14 nitrogen and oxygen atoms in total. The van der Waals surface area contributed by atoms with E-state index in [1.165, 1.54) is 40.1 Å². The number of cyclic esters (lactones) is 2. The van der Waals surface area contributed by atoms with Gasteiger partial charge in [0.25, 0.3) is 5.91 Å². The number of halogens is 3. The lowest BCUT2D eigenvalue weighted by atomic mass is 9.94. The van der Waals surface area contributed by atoms with Crippen LogP contribution in [0.15, 0.2) is 36.5 Å². The normalized spacial score (nSPS) is 19.9. The minimum Gasteiger partial charge on any atom is -0.493 e. The molecule has 0 unspecified atom stereocenters. The fourth-order valence-corrected chi connectivity index (χ4v) is 4.34. The van der Waals surface area contributed by atoms with E-state index >= 15 is 0 Å². The number of nitrogens with zero attached hydrogens (tertiary/aromatic N) is 1. The number of esters is 5. The second kappa shape index (κ2) is 16.1. The van der Waals surface area contributed by atoms with Gasteiger partial charge in [-0.3, -0.25) is 19.2 Å². The van der Waals surface area contributed by atoms with Crippen molar-refractivity contribution >= 4 is 35.8 Å². The molecule has 48 heavy (non-hydrogen) atoms. The Morgan fingerprint density at radius 1 is 1.06 bits per heavy atom. The zero-order valence-electron chi connectivity index (χ0n) is 26.5. The van der Waals surface area contributed by atoms with E-state index in [1.807, 2.05) is 0 Å². The summed E-state index contributed by atoms with van der Waals surface area (Å²) in [4.78, 5) is 80.3. The van der Waals surface area contributed by atoms with Gasteiger partial charge in [0.2, 0.25) is 5.75 Å². The van der Waals surface area contributed by atoms with E-state index in [0.717, 1.165) is 19.1 Å². The lowest BCUT2D eigenvalue weighted by Crippen LogP contribution is -2.47. The molecule has 2 aromatic rings. The van der Waals surface area contributed by atoms with Crippen molar-refractivity contribution in [3.63, 3.8) is 0 Å². The first-order valence-corrected chi connectivity index (χ1v) is 14.5. The zero-order valence-corrected chi connectivity index (χ0v) is 26.5. The highest BCUT2D eigenvalue weighted by Crippen LogP contribution is 2.31. The maximum atomic E-state index is 13.3. The maximum absolute atomic E-state index is 13.3. The third-order valence-electron chi connectivity index (χ3n) is 6.83. The molecule has 1 saturated heterocycles. The Labute approximate surface area is 272 Å². The Bertz CT molecular complexity index is 1530. The molecule has 260 valence electrons. The molecule has 2 heterocycles. The fourth-order valence-electron chi connectivity index (χ4n) is 4.34. The molecule has 1 fully saturated rings. The highest BCUT2D eigenvalue weighted by atomic mass is 19.4. The number of ether oxygens (including phenoxy) is 6. The van der Waals surface area contributed by atoms with E-state index in [9.17, 15) is 41.9 Å². The van der Waals surface area contributed by atoms with Gasteiger partial charge >= 0.3 is 36.0 Å². The minimum absolute atomic E-state index is 0.0147. The highest BCUT2D eigenvalue weighted by molar-refractivity contribution is 5.99. The van der Waals surface area contributed by atoms with Crippen LogP contribution in [0.2, 0.25) is 0 Å². The second-order valence-electron chi connectivity index (χ2n) is 10.7. The van der Waals surface area contributed by atoms with Crippen LogP contribution < -0.4 is 14.8 Å². The van der Waals surface area contributed by atoms with Crippen molar-refractivity contribution in [1.29, 1.82) is 0 Å². The first-order valence-electron chi connectivity index (χ1n) is 14.5. The van der Waals surface area contributed by atoms with Crippen LogP contribution in [0.1, 0.15) is 60.5 Å². The van der Waals surface area contributed by atoms with E-state index in [1.54, 1.807) is 0 Å². The standard InChI is InChI=1S/C31H33F3N2O12/c1-15(2)27(39)48-24-16(3)46-30(42)21(36-26(38)23-25(47-17(4)37)22(43-5)10-12-35-23)14-45-29(41)20(24)11-13-44-28(40)18-6-8-19(9-7-18)31(32,33)34/h6-10,12,15-16,20-21,24H,11,13-14H2,1-5H3,(H,36,38)/t16-,20+,21-,24-/m0/s1. The first-order chi connectivity index (χ1) is 22.5. The van der Waals surface area contributed by atoms with Crippen LogP contribution in [0.5, 0.6) is 11.5 Å². The van der Waals surface area contributed by atoms with Crippen LogP contribution >= 0.6 is 0 Å². The monoisotopic (exact) mass is 682 g/mol. The molecule has 1 amide bonds. The first kappa shape index (κ1) is 37.2. The molecule has 17 heteroatoms. The Morgan fingerprint density at radius 2 is 1.73 bits per heavy atom. The van der Waals surface area contributed by atoms with Crippen molar-refractivity contribution < 1.29 is 70.4 Å². The number of carbonyl (C=O) groups is 6. The van der Waals surface area contributed by atoms with Crippen LogP contribution in [0.4, 0.5) is 13.2 Å². The molecule has 1 aliphatic heterocycles. The quantitative estimate of drug-likeness (QED) is 0.285. The number of hydrogen-bond donors (Lipinski definition) is 1. The molecule has 1 aromatic carbocycles. The Balaban J connectivity index is 1.81. The summed E-state index contributed by atoms with van der Waals surface area (Å²) >= 11 is 0. The average molecular weight is 683 g/mol. The Morgan fingerprint density at radius 3 is 2.31 bits per heavy atom. The number of carbonyl (C=O) groups excluding carboxylic acids is 6. The average Bonchev–Trinajstić information content (AvgIpc) is 3.05. The molecule has 0 spiro atoms. The lowest BCUT2D eigenvalue weighted by Gasteiger charge is -2.29. The van der Waals surface area contributed by atoms with Gasteiger partial charge < -0.3 is 33.7 Å². The van der Waals surface area contributed by atoms with Gasteiger partial charge in [-0.2, -0.15) is 13.2 Å². The van der Waals surface area contributed by atoms with Crippen molar-refractivity contribution in [2.24, 2.45) is 11.8 Å². The molecule has 4 atom stereocenters. The van der Waals surface area contributed by atoms with Gasteiger partial charge in [-0.05, 0) is 37.6 Å². The number of benzene rings is 1. The van der Waals surface area contributed by atoms with Crippen molar-refractivity contribution in [2.75, 3.05) is 20.3 Å². The van der Waals surface area contributed by atoms with Crippen LogP contribution in [0.3, 0.4) is 0 Å². The van der Waals surface area contributed by atoms with Gasteiger partial charge in [-0.25, -0.2) is 14.6 Å². The van der Waals surface area contributed by atoms with Gasteiger partial charge in [-0.15, -0.1) is 0 Å². The van der Waals surface area contributed by atoms with Gasteiger partial charge in [0.15, 0.2) is 23.6 Å². The summed E-state index contributed by atoms with van der Waals surface area (Å²) in [6, 6.07) is 2.99. The molecule has 0 radical (unpaired) electrons. The third-order valence-corrected chi connectivity index (χ3v) is 6.83. The molecular weight excluding hydrogens is 649 g/mol. The number of methoxy groups -OCH3 is 1. The van der Waals surface area contributed by atoms with Gasteiger partial charge in [-0.1, -0.05) is 13.8 Å². The molecule has 0 saturated carbocycles. The molecule has 1 aromatic heterocycles. The van der Waals surface area contributed by atoms with Crippen molar-refractivity contribution in [3.8, 4) is 11.5 Å². The molecule has 3 rings (SSSR count). The smallest absolute Gasteiger partial charge is 0.416 e. The molecule has 0 aliphatic carbocycles. The summed E-state index contributed by atoms with van der Waals surface area (Å²) in [5, 5.41) is 2.32. The number of nitrogens with one attached hydrogen (secondary N) is 1. The highest BCUT2D eigenvalue weighted by Gasteiger charge is 2.42. The van der Waals surface area contributed by atoms with Crippen LogP contribution in [0, 0.1) is 11.8 Å². The SMILES string of the molecule is COc1ccnc(C(=O)N[C@H]2COC(=O)[C@H](CCOC(=O)c3ccc(C(F)(F)F)cc3)[C@@H](OC(=O)C(C)C)[C@H](C)OC2=O)c1OC(C)=O. The van der Waals surface area contributed by atoms with E-state index in [4.69, 9.17) is 28.4 Å². The van der Waals surface area contributed by atoms with Crippen LogP contribution in [-0.4, -0.2) is 79.3 Å². The van der Waals surface area contributed by atoms with Gasteiger partial charge in [0.05, 0.1) is 30.8 Å². The van der Waals surface area contributed by atoms with Crippen molar-refractivity contribution in [1.82, 2.24) is 10.3 Å². The number of rotatable bonds is 10. The van der Waals surface area contributed by atoms with E-state index in [2.05, 4.69) is 10.3 Å². The molecule has 1 N–H and O–H groups in total. The van der Waals surface area contributed by atoms with Gasteiger partial charge in [0.1, 0.15) is 18.6 Å². The van der Waals surface area contributed by atoms with Gasteiger partial charge in [0, 0.05) is 19.2 Å². The number of alkyl halides is 3. The molecule has 1 aliphatic rings. The number of aromatic nitrogens is 1. The Hall–Kier alpha value is -5.22. The third kappa shape index (κ3) is 9.65. The molecule has 0 bridgehead atoms. The summed E-state index contributed by atoms with van der Waals surface area (Å²) in [5.74, 6) is -8.03. The predicted molar refractivity (Wildman–Crippen MR) is 154 cm³/mol. The Kier molecular flexibility index (Phi) is 12.5. The predicted octanol–water partition coefficient (Wildman–Crippen LogP) is 3.05. The summed E-state index contributed by atoms with van der Waals surface area (Å²) in [6.45, 7) is 4.23. The zero-order chi connectivity index (χ0) is 35.8. The lowest BCUT2D eigenvalue weighted by molar-refractivity contribution is -0.177.